The molecule has 2 aliphatic rings. The van der Waals surface area contributed by atoms with Crippen LogP contribution in [-0.2, 0) is 4.74 Å². The molecule has 14 heavy (non-hydrogen) atoms. The summed E-state index contributed by atoms with van der Waals surface area (Å²) in [6.07, 6.45) is 5.65. The lowest BCUT2D eigenvalue weighted by molar-refractivity contribution is 0.172. The van der Waals surface area contributed by atoms with Crippen molar-refractivity contribution in [2.45, 2.75) is 37.0 Å². The third kappa shape index (κ3) is 2.88. The number of hydrogen-bond donors (Lipinski definition) is 1. The van der Waals surface area contributed by atoms with Crippen molar-refractivity contribution < 1.29 is 4.74 Å². The molecule has 0 spiro atoms. The maximum Gasteiger partial charge on any atom is 0.0615 e. The minimum Gasteiger partial charge on any atom is -0.383 e. The fourth-order valence-corrected chi connectivity index (χ4v) is 4.02. The van der Waals surface area contributed by atoms with E-state index in [2.05, 4.69) is 17.1 Å². The first-order chi connectivity index (χ1) is 6.88. The molecule has 0 aliphatic carbocycles. The van der Waals surface area contributed by atoms with E-state index < -0.39 is 0 Å². The van der Waals surface area contributed by atoms with Gasteiger partial charge in [-0.15, -0.1) is 0 Å². The molecule has 3 unspecified atom stereocenters. The van der Waals surface area contributed by atoms with Crippen molar-refractivity contribution in [2.24, 2.45) is 5.92 Å². The second-order valence-electron chi connectivity index (χ2n) is 4.53. The molecule has 0 amide bonds. The Labute approximate surface area is 91.2 Å². The zero-order valence-electron chi connectivity index (χ0n) is 9.00. The van der Waals surface area contributed by atoms with E-state index >= 15 is 0 Å². The third-order valence-corrected chi connectivity index (χ3v) is 4.73. The van der Waals surface area contributed by atoms with Gasteiger partial charge in [0.05, 0.1) is 6.61 Å². The van der Waals surface area contributed by atoms with Gasteiger partial charge in [0.1, 0.15) is 0 Å². The van der Waals surface area contributed by atoms with E-state index in [0.717, 1.165) is 17.8 Å². The maximum absolute atomic E-state index is 5.18. The van der Waals surface area contributed by atoms with E-state index in [4.69, 9.17) is 4.74 Å². The van der Waals surface area contributed by atoms with Crippen LogP contribution in [-0.4, -0.2) is 37.3 Å². The first kappa shape index (κ1) is 10.8. The van der Waals surface area contributed by atoms with Crippen molar-refractivity contribution in [3.05, 3.63) is 0 Å². The molecule has 0 aromatic rings. The van der Waals surface area contributed by atoms with Crippen molar-refractivity contribution in [3.8, 4) is 0 Å². The fraction of sp³-hybridized carbons (Fsp3) is 1.00. The lowest BCUT2D eigenvalue weighted by Crippen LogP contribution is -2.25. The highest BCUT2D eigenvalue weighted by Gasteiger charge is 2.27. The van der Waals surface area contributed by atoms with Crippen LogP contribution >= 0.6 is 11.8 Å². The number of hydrogen-bond acceptors (Lipinski definition) is 3. The molecular formula is C11H21NOS. The molecule has 2 fully saturated rings. The molecule has 2 rings (SSSR count). The average Bonchev–Trinajstić information content (AvgIpc) is 2.79. The Morgan fingerprint density at radius 2 is 2.43 bits per heavy atom. The molecule has 0 saturated carbocycles. The summed E-state index contributed by atoms with van der Waals surface area (Å²) in [4.78, 5) is 0. The van der Waals surface area contributed by atoms with Crippen molar-refractivity contribution in [1.82, 2.24) is 5.32 Å². The van der Waals surface area contributed by atoms with Gasteiger partial charge in [-0.3, -0.25) is 0 Å². The summed E-state index contributed by atoms with van der Waals surface area (Å²) in [7, 11) is 1.79. The minimum absolute atomic E-state index is 0.622. The van der Waals surface area contributed by atoms with E-state index in [1.165, 1.54) is 38.0 Å². The Kier molecular flexibility index (Phi) is 4.14. The van der Waals surface area contributed by atoms with Gasteiger partial charge in [-0.25, -0.2) is 0 Å². The highest BCUT2D eigenvalue weighted by atomic mass is 32.2. The molecule has 2 aliphatic heterocycles. The summed E-state index contributed by atoms with van der Waals surface area (Å²) in [6, 6.07) is 0.622. The number of methoxy groups -OCH3 is 1. The molecule has 3 heteroatoms. The van der Waals surface area contributed by atoms with Gasteiger partial charge in [0.25, 0.3) is 0 Å². The highest BCUT2D eigenvalue weighted by Crippen LogP contribution is 2.33. The van der Waals surface area contributed by atoms with Crippen LogP contribution in [0.1, 0.15) is 25.7 Å². The molecule has 1 N–H and O–H groups in total. The van der Waals surface area contributed by atoms with E-state index in [0.29, 0.717) is 6.04 Å². The van der Waals surface area contributed by atoms with E-state index in [1.54, 1.807) is 7.11 Å². The maximum atomic E-state index is 5.18. The molecule has 2 nitrogen and oxygen atoms in total. The Morgan fingerprint density at radius 1 is 1.50 bits per heavy atom. The van der Waals surface area contributed by atoms with Gasteiger partial charge in [0.2, 0.25) is 0 Å². The third-order valence-electron chi connectivity index (χ3n) is 3.30. The van der Waals surface area contributed by atoms with Crippen molar-refractivity contribution in [3.63, 3.8) is 0 Å². The Hall–Kier alpha value is 0.270. The summed E-state index contributed by atoms with van der Waals surface area (Å²) < 4.78 is 5.18. The van der Waals surface area contributed by atoms with E-state index in [9.17, 15) is 0 Å². The van der Waals surface area contributed by atoms with Crippen LogP contribution in [0.15, 0.2) is 0 Å². The molecule has 2 heterocycles. The largest absolute Gasteiger partial charge is 0.383 e. The Bertz CT molecular complexity index is 171. The predicted octanol–water partition coefficient (Wildman–Crippen LogP) is 1.90. The highest BCUT2D eigenvalue weighted by molar-refractivity contribution is 8.00. The Balaban J connectivity index is 1.67. The van der Waals surface area contributed by atoms with E-state index in [-0.39, 0.29) is 0 Å². The number of thioether (sulfide) groups is 1. The topological polar surface area (TPSA) is 21.3 Å². The lowest BCUT2D eigenvalue weighted by atomic mass is 9.98. The first-order valence-electron chi connectivity index (χ1n) is 5.72. The number of nitrogens with one attached hydrogen (secondary N) is 1. The van der Waals surface area contributed by atoms with Crippen molar-refractivity contribution >= 4 is 11.8 Å². The standard InChI is InChI=1S/C11H21NOS/c1-13-8-10-5-9(7-12-10)6-11-3-2-4-14-11/h9-12H,2-8H2,1H3. The lowest BCUT2D eigenvalue weighted by Gasteiger charge is -2.13. The quantitative estimate of drug-likeness (QED) is 0.774. The van der Waals surface area contributed by atoms with Gasteiger partial charge < -0.3 is 10.1 Å². The van der Waals surface area contributed by atoms with Gasteiger partial charge in [-0.2, -0.15) is 11.8 Å². The zero-order valence-corrected chi connectivity index (χ0v) is 9.81. The fourth-order valence-electron chi connectivity index (χ4n) is 2.61. The zero-order chi connectivity index (χ0) is 9.80. The summed E-state index contributed by atoms with van der Waals surface area (Å²) in [5.41, 5.74) is 0. The molecule has 82 valence electrons. The number of rotatable bonds is 4. The van der Waals surface area contributed by atoms with Crippen LogP contribution in [0.25, 0.3) is 0 Å². The molecule has 0 aromatic heterocycles. The predicted molar refractivity (Wildman–Crippen MR) is 61.9 cm³/mol. The smallest absolute Gasteiger partial charge is 0.0615 e. The van der Waals surface area contributed by atoms with Crippen LogP contribution in [0, 0.1) is 5.92 Å². The van der Waals surface area contributed by atoms with Gasteiger partial charge in [0, 0.05) is 18.4 Å². The minimum atomic E-state index is 0.622. The molecule has 2 saturated heterocycles. The molecule has 0 radical (unpaired) electrons. The summed E-state index contributed by atoms with van der Waals surface area (Å²) in [5.74, 6) is 2.30. The van der Waals surface area contributed by atoms with Crippen LogP contribution in [0.3, 0.4) is 0 Å². The van der Waals surface area contributed by atoms with Crippen molar-refractivity contribution in [1.29, 1.82) is 0 Å². The van der Waals surface area contributed by atoms with Crippen molar-refractivity contribution in [2.75, 3.05) is 26.0 Å². The number of ether oxygens (including phenoxy) is 1. The molecule has 0 bridgehead atoms. The normalized spacial score (nSPS) is 37.9. The summed E-state index contributed by atoms with van der Waals surface area (Å²) in [6.45, 7) is 2.10. The van der Waals surface area contributed by atoms with Gasteiger partial charge in [-0.05, 0) is 43.9 Å². The monoisotopic (exact) mass is 215 g/mol. The molecular weight excluding hydrogens is 194 g/mol. The Morgan fingerprint density at radius 3 is 3.14 bits per heavy atom. The summed E-state index contributed by atoms with van der Waals surface area (Å²) >= 11 is 2.18. The molecule has 3 atom stereocenters. The van der Waals surface area contributed by atoms with Gasteiger partial charge in [0.15, 0.2) is 0 Å². The van der Waals surface area contributed by atoms with Gasteiger partial charge >= 0.3 is 0 Å². The average molecular weight is 215 g/mol. The molecule has 0 aromatic carbocycles. The van der Waals surface area contributed by atoms with Crippen LogP contribution in [0.4, 0.5) is 0 Å². The van der Waals surface area contributed by atoms with Crippen LogP contribution in [0.5, 0.6) is 0 Å². The second kappa shape index (κ2) is 5.38. The van der Waals surface area contributed by atoms with Gasteiger partial charge in [-0.1, -0.05) is 0 Å². The van der Waals surface area contributed by atoms with Crippen LogP contribution < -0.4 is 5.32 Å². The first-order valence-corrected chi connectivity index (χ1v) is 6.77. The van der Waals surface area contributed by atoms with Crippen LogP contribution in [0.2, 0.25) is 0 Å². The summed E-state index contributed by atoms with van der Waals surface area (Å²) in [5, 5.41) is 4.51. The second-order valence-corrected chi connectivity index (χ2v) is 5.94. The SMILES string of the molecule is COCC1CC(CC2CCCS2)CN1. The van der Waals surface area contributed by atoms with E-state index in [1.807, 2.05) is 0 Å².